The summed E-state index contributed by atoms with van der Waals surface area (Å²) in [5.41, 5.74) is -0.269. The van der Waals surface area contributed by atoms with Gasteiger partial charge in [-0.15, -0.1) is 16.6 Å². The van der Waals surface area contributed by atoms with Crippen molar-refractivity contribution in [3.8, 4) is 18.2 Å². The van der Waals surface area contributed by atoms with Gasteiger partial charge in [-0.05, 0) is 24.3 Å². The molecule has 4 rings (SSSR count). The first-order valence-corrected chi connectivity index (χ1v) is 10.5. The second-order valence-electron chi connectivity index (χ2n) is 7.31. The maximum atomic E-state index is 14.3. The van der Waals surface area contributed by atoms with Crippen molar-refractivity contribution in [1.29, 1.82) is 0 Å². The molecule has 1 fully saturated rings. The lowest BCUT2D eigenvalue weighted by atomic mass is 10.1. The quantitative estimate of drug-likeness (QED) is 0.414. The van der Waals surface area contributed by atoms with Crippen molar-refractivity contribution < 1.29 is 23.5 Å². The van der Waals surface area contributed by atoms with E-state index in [1.54, 1.807) is 29.4 Å². The van der Waals surface area contributed by atoms with Gasteiger partial charge >= 0.3 is 5.97 Å². The Morgan fingerprint density at radius 1 is 1.24 bits per heavy atom. The van der Waals surface area contributed by atoms with E-state index in [9.17, 15) is 14.0 Å². The number of esters is 1. The zero-order valence-corrected chi connectivity index (χ0v) is 18.1. The molecule has 1 aliphatic heterocycles. The van der Waals surface area contributed by atoms with Gasteiger partial charge in [-0.2, -0.15) is 0 Å². The number of carbonyl (C=O) groups excluding carboxylic acids is 2. The summed E-state index contributed by atoms with van der Waals surface area (Å²) in [6, 6.07) is 5.21. The average Bonchev–Trinajstić information content (AvgIpc) is 3.40. The zero-order valence-electron chi connectivity index (χ0n) is 18.1. The third kappa shape index (κ3) is 5.43. The van der Waals surface area contributed by atoms with E-state index in [1.165, 1.54) is 12.1 Å². The van der Waals surface area contributed by atoms with Crippen molar-refractivity contribution in [2.75, 3.05) is 44.8 Å². The van der Waals surface area contributed by atoms with Crippen molar-refractivity contribution in [1.82, 2.24) is 24.6 Å². The molecule has 0 bridgehead atoms. The van der Waals surface area contributed by atoms with Gasteiger partial charge in [0.2, 0.25) is 0 Å². The van der Waals surface area contributed by atoms with E-state index in [0.29, 0.717) is 25.6 Å². The molecule has 0 saturated carbocycles. The summed E-state index contributed by atoms with van der Waals surface area (Å²) in [4.78, 5) is 31.4. The van der Waals surface area contributed by atoms with E-state index in [0.717, 1.165) is 19.2 Å². The monoisotopic (exact) mass is 464 g/mol. The Kier molecular flexibility index (Phi) is 7.22. The highest BCUT2D eigenvalue weighted by atomic mass is 19.1. The number of rotatable bonds is 7. The Morgan fingerprint density at radius 3 is 2.74 bits per heavy atom. The number of terminal acetylenes is 1. The lowest BCUT2D eigenvalue weighted by Gasteiger charge is -2.26. The lowest BCUT2D eigenvalue weighted by Crippen LogP contribution is -2.38. The number of benzene rings is 1. The fourth-order valence-corrected chi connectivity index (χ4v) is 3.29. The van der Waals surface area contributed by atoms with Crippen LogP contribution in [0.15, 0.2) is 43.0 Å². The van der Waals surface area contributed by atoms with Gasteiger partial charge in [0.25, 0.3) is 5.91 Å². The molecule has 3 aromatic rings. The summed E-state index contributed by atoms with van der Waals surface area (Å²) >= 11 is 0. The molecule has 1 aromatic carbocycles. The normalized spacial score (nSPS) is 13.8. The van der Waals surface area contributed by atoms with Gasteiger partial charge < -0.3 is 14.8 Å². The standard InChI is InChI=1S/C23H21FN6O4/c1-2-16-13-20(26-22(31)19-3-4-21(28-27-19)30-6-5-25-15-30)17(14-18(16)24)23(32)34-12-9-29-7-10-33-11-8-29/h1,3-6,13-15H,7-12H2,(H,26,31). The van der Waals surface area contributed by atoms with Crippen molar-refractivity contribution in [3.05, 3.63) is 65.6 Å². The van der Waals surface area contributed by atoms with Crippen LogP contribution in [0.1, 0.15) is 26.4 Å². The van der Waals surface area contributed by atoms with Crippen molar-refractivity contribution in [2.24, 2.45) is 0 Å². The first-order chi connectivity index (χ1) is 16.5. The number of ether oxygens (including phenoxy) is 2. The minimum absolute atomic E-state index is 0.0104. The van der Waals surface area contributed by atoms with Gasteiger partial charge in [-0.1, -0.05) is 5.92 Å². The first kappa shape index (κ1) is 23.0. The summed E-state index contributed by atoms with van der Waals surface area (Å²) in [5.74, 6) is 0.449. The maximum Gasteiger partial charge on any atom is 0.340 e. The van der Waals surface area contributed by atoms with Crippen molar-refractivity contribution in [3.63, 3.8) is 0 Å². The minimum atomic E-state index is -0.785. The number of nitrogens with one attached hydrogen (secondary N) is 1. The molecule has 0 aliphatic carbocycles. The molecule has 10 nitrogen and oxygen atoms in total. The van der Waals surface area contributed by atoms with Crippen LogP contribution >= 0.6 is 0 Å². The maximum absolute atomic E-state index is 14.3. The molecule has 1 amide bonds. The highest BCUT2D eigenvalue weighted by Crippen LogP contribution is 2.22. The van der Waals surface area contributed by atoms with Gasteiger partial charge in [0.1, 0.15) is 18.8 Å². The number of hydrogen-bond donors (Lipinski definition) is 1. The largest absolute Gasteiger partial charge is 0.461 e. The molecule has 0 unspecified atom stereocenters. The Labute approximate surface area is 194 Å². The van der Waals surface area contributed by atoms with E-state index < -0.39 is 17.7 Å². The summed E-state index contributed by atoms with van der Waals surface area (Å²) < 4.78 is 26.6. The van der Waals surface area contributed by atoms with Gasteiger partial charge in [0.15, 0.2) is 11.5 Å². The molecule has 34 heavy (non-hydrogen) atoms. The minimum Gasteiger partial charge on any atom is -0.461 e. The third-order valence-corrected chi connectivity index (χ3v) is 5.13. The molecule has 1 aliphatic rings. The summed E-state index contributed by atoms with van der Waals surface area (Å²) in [6.45, 7) is 3.34. The predicted octanol–water partition coefficient (Wildman–Crippen LogP) is 1.52. The van der Waals surface area contributed by atoms with Crippen LogP contribution in [0.4, 0.5) is 10.1 Å². The number of imidazole rings is 1. The molecule has 1 N–H and O–H groups in total. The van der Waals surface area contributed by atoms with E-state index in [4.69, 9.17) is 15.9 Å². The van der Waals surface area contributed by atoms with E-state index in [-0.39, 0.29) is 29.1 Å². The second-order valence-corrected chi connectivity index (χ2v) is 7.31. The molecular weight excluding hydrogens is 443 g/mol. The molecular formula is C23H21FN6O4. The highest BCUT2D eigenvalue weighted by molar-refractivity contribution is 6.07. The second kappa shape index (κ2) is 10.7. The third-order valence-electron chi connectivity index (χ3n) is 5.13. The van der Waals surface area contributed by atoms with Crippen LogP contribution in [0.25, 0.3) is 5.82 Å². The smallest absolute Gasteiger partial charge is 0.340 e. The fraction of sp³-hybridized carbons (Fsp3) is 0.261. The molecule has 174 valence electrons. The highest BCUT2D eigenvalue weighted by Gasteiger charge is 2.20. The molecule has 11 heteroatoms. The number of morpholine rings is 1. The van der Waals surface area contributed by atoms with Crippen LogP contribution in [0, 0.1) is 18.2 Å². The van der Waals surface area contributed by atoms with E-state index >= 15 is 0 Å². The average molecular weight is 464 g/mol. The first-order valence-electron chi connectivity index (χ1n) is 10.5. The summed E-state index contributed by atoms with van der Waals surface area (Å²) in [6.07, 6.45) is 10.2. The number of anilines is 1. The number of aromatic nitrogens is 4. The predicted molar refractivity (Wildman–Crippen MR) is 119 cm³/mol. The van der Waals surface area contributed by atoms with Crippen LogP contribution in [0.2, 0.25) is 0 Å². The van der Waals surface area contributed by atoms with Crippen molar-refractivity contribution in [2.45, 2.75) is 0 Å². The number of nitrogens with zero attached hydrogens (tertiary/aromatic N) is 5. The van der Waals surface area contributed by atoms with Gasteiger partial charge in [0, 0.05) is 32.0 Å². The topological polar surface area (TPSA) is 111 Å². The van der Waals surface area contributed by atoms with Crippen molar-refractivity contribution >= 4 is 17.6 Å². The molecule has 0 atom stereocenters. The lowest BCUT2D eigenvalue weighted by molar-refractivity contribution is 0.0196. The molecule has 1 saturated heterocycles. The Balaban J connectivity index is 1.48. The molecule has 3 heterocycles. The number of carbonyl (C=O) groups is 2. The number of halogens is 1. The Hall–Kier alpha value is -4.14. The van der Waals surface area contributed by atoms with Gasteiger partial charge in [0.05, 0.1) is 30.0 Å². The molecule has 2 aromatic heterocycles. The van der Waals surface area contributed by atoms with Crippen LogP contribution in [0.3, 0.4) is 0 Å². The van der Waals surface area contributed by atoms with Gasteiger partial charge in [-0.25, -0.2) is 14.2 Å². The van der Waals surface area contributed by atoms with Crippen LogP contribution in [-0.4, -0.2) is 76.0 Å². The molecule has 0 spiro atoms. The fourth-order valence-electron chi connectivity index (χ4n) is 3.29. The van der Waals surface area contributed by atoms with E-state index in [1.807, 2.05) is 0 Å². The van der Waals surface area contributed by atoms with Crippen LogP contribution in [0.5, 0.6) is 0 Å². The Morgan fingerprint density at radius 2 is 2.06 bits per heavy atom. The van der Waals surface area contributed by atoms with Crippen LogP contribution < -0.4 is 5.32 Å². The number of hydrogen-bond acceptors (Lipinski definition) is 8. The molecule has 0 radical (unpaired) electrons. The Bertz CT molecular complexity index is 1200. The number of amides is 1. The summed E-state index contributed by atoms with van der Waals surface area (Å²) in [5, 5.41) is 10.5. The zero-order chi connectivity index (χ0) is 23.9. The van der Waals surface area contributed by atoms with Gasteiger partial charge in [-0.3, -0.25) is 14.3 Å². The van der Waals surface area contributed by atoms with Crippen LogP contribution in [-0.2, 0) is 9.47 Å². The SMILES string of the molecule is C#Cc1cc(NC(=O)c2ccc(-n3ccnc3)nn2)c(C(=O)OCCN2CCOCC2)cc1F. The van der Waals surface area contributed by atoms with E-state index in [2.05, 4.69) is 31.3 Å². The summed E-state index contributed by atoms with van der Waals surface area (Å²) in [7, 11) is 0.